The summed E-state index contributed by atoms with van der Waals surface area (Å²) >= 11 is 7.51. The Morgan fingerprint density at radius 2 is 1.75 bits per heavy atom. The van der Waals surface area contributed by atoms with Gasteiger partial charge in [0.05, 0.1) is 15.9 Å². The second-order valence-electron chi connectivity index (χ2n) is 6.27. The molecule has 0 spiro atoms. The van der Waals surface area contributed by atoms with E-state index in [-0.39, 0.29) is 28.3 Å². The van der Waals surface area contributed by atoms with Crippen LogP contribution in [-0.2, 0) is 11.3 Å². The van der Waals surface area contributed by atoms with Crippen LogP contribution in [-0.4, -0.2) is 21.2 Å². The van der Waals surface area contributed by atoms with E-state index in [1.165, 1.54) is 11.0 Å². The van der Waals surface area contributed by atoms with Crippen molar-refractivity contribution in [3.05, 3.63) is 79.6 Å². The van der Waals surface area contributed by atoms with Gasteiger partial charge in [-0.25, -0.2) is 0 Å². The number of hydrogen-bond donors (Lipinski definition) is 1. The summed E-state index contributed by atoms with van der Waals surface area (Å²) in [7, 11) is 0. The van der Waals surface area contributed by atoms with Crippen molar-refractivity contribution in [3.8, 4) is 5.75 Å². The monoisotopic (exact) mass is 517 g/mol. The van der Waals surface area contributed by atoms with Crippen molar-refractivity contribution in [2.75, 3.05) is 0 Å². The van der Waals surface area contributed by atoms with Gasteiger partial charge in [0.25, 0.3) is 11.1 Å². The number of fused-ring (bicyclic) bond motifs is 1. The van der Waals surface area contributed by atoms with Gasteiger partial charge >= 0.3 is 0 Å². The molecule has 1 aliphatic heterocycles. The number of carbonyl (C=O) groups is 2. The first-order valence-corrected chi connectivity index (χ1v) is 10.7. The number of carbonyl (C=O) groups excluding carboxylic acids is 2. The molecule has 1 saturated heterocycles. The number of imide groups is 1. The van der Waals surface area contributed by atoms with Crippen molar-refractivity contribution in [1.29, 1.82) is 0 Å². The number of nitrogens with zero attached hydrogens (tertiary/aromatic N) is 1. The normalized spacial score (nSPS) is 15.8. The molecular weight excluding hydrogens is 506 g/mol. The van der Waals surface area contributed by atoms with Gasteiger partial charge in [0, 0.05) is 10.0 Å². The third-order valence-corrected chi connectivity index (χ3v) is 6.34. The highest BCUT2D eigenvalue weighted by Gasteiger charge is 2.35. The van der Waals surface area contributed by atoms with Crippen molar-refractivity contribution >= 4 is 71.6 Å². The molecule has 0 aliphatic carbocycles. The Bertz CT molecular complexity index is 1160. The third kappa shape index (κ3) is 3.74. The van der Waals surface area contributed by atoms with Crippen LogP contribution in [0.4, 0.5) is 4.79 Å². The highest BCUT2D eigenvalue weighted by Crippen LogP contribution is 2.38. The molecule has 0 unspecified atom stereocenters. The number of halogens is 2. The SMILES string of the molecule is O=C1S/C(=C\c2cc(Br)cc(Br)c2O)C(=O)N1Cc1ccc2ccccc2c1. The molecule has 7 heteroatoms. The highest BCUT2D eigenvalue weighted by atomic mass is 79.9. The van der Waals surface area contributed by atoms with E-state index in [2.05, 4.69) is 31.9 Å². The second-order valence-corrected chi connectivity index (χ2v) is 9.04. The fourth-order valence-corrected chi connectivity index (χ4v) is 5.08. The summed E-state index contributed by atoms with van der Waals surface area (Å²) in [5.41, 5.74) is 1.34. The van der Waals surface area contributed by atoms with Crippen molar-refractivity contribution in [1.82, 2.24) is 4.90 Å². The molecule has 0 bridgehead atoms. The molecule has 1 fully saturated rings. The van der Waals surface area contributed by atoms with Crippen LogP contribution in [0, 0.1) is 0 Å². The lowest BCUT2D eigenvalue weighted by Gasteiger charge is -2.13. The minimum Gasteiger partial charge on any atom is -0.506 e. The van der Waals surface area contributed by atoms with Crippen LogP contribution in [0.5, 0.6) is 5.75 Å². The van der Waals surface area contributed by atoms with Gasteiger partial charge in [-0.15, -0.1) is 0 Å². The Morgan fingerprint density at radius 3 is 2.54 bits per heavy atom. The first kappa shape index (κ1) is 19.2. The second kappa shape index (κ2) is 7.73. The Balaban J connectivity index is 1.62. The standard InChI is InChI=1S/C21H13Br2NO3S/c22-16-8-15(19(25)17(23)10-16)9-18-20(26)24(21(27)28-18)11-12-5-6-13-3-1-2-4-14(13)7-12/h1-10,25H,11H2/b18-9-. The molecule has 3 aromatic carbocycles. The minimum absolute atomic E-state index is 0.0181. The van der Waals surface area contributed by atoms with E-state index in [1.807, 2.05) is 42.5 Å². The highest BCUT2D eigenvalue weighted by molar-refractivity contribution is 9.11. The van der Waals surface area contributed by atoms with Crippen LogP contribution >= 0.6 is 43.6 Å². The number of hydrogen-bond acceptors (Lipinski definition) is 4. The molecule has 28 heavy (non-hydrogen) atoms. The van der Waals surface area contributed by atoms with E-state index in [9.17, 15) is 14.7 Å². The van der Waals surface area contributed by atoms with Gasteiger partial charge in [0.2, 0.25) is 0 Å². The van der Waals surface area contributed by atoms with E-state index in [0.29, 0.717) is 10.0 Å². The molecule has 1 aliphatic rings. The first-order chi connectivity index (χ1) is 13.4. The molecule has 4 nitrogen and oxygen atoms in total. The zero-order valence-corrected chi connectivity index (χ0v) is 18.3. The van der Waals surface area contributed by atoms with Gasteiger partial charge in [-0.1, -0.05) is 52.3 Å². The first-order valence-electron chi connectivity index (χ1n) is 8.33. The van der Waals surface area contributed by atoms with E-state index < -0.39 is 0 Å². The summed E-state index contributed by atoms with van der Waals surface area (Å²) in [6, 6.07) is 17.2. The van der Waals surface area contributed by atoms with E-state index in [1.54, 1.807) is 12.1 Å². The third-order valence-electron chi connectivity index (χ3n) is 4.37. The van der Waals surface area contributed by atoms with Crippen LogP contribution in [0.15, 0.2) is 68.4 Å². The molecule has 0 saturated carbocycles. The molecular formula is C21H13Br2NO3S. The number of rotatable bonds is 3. The maximum Gasteiger partial charge on any atom is 0.293 e. The van der Waals surface area contributed by atoms with Crippen LogP contribution in [0.2, 0.25) is 0 Å². The van der Waals surface area contributed by atoms with Crippen molar-refractivity contribution in [2.45, 2.75) is 6.54 Å². The number of benzene rings is 3. The van der Waals surface area contributed by atoms with Crippen LogP contribution in [0.25, 0.3) is 16.8 Å². The average molecular weight is 519 g/mol. The summed E-state index contributed by atoms with van der Waals surface area (Å²) in [5.74, 6) is -0.344. The molecule has 3 aromatic rings. The van der Waals surface area contributed by atoms with Crippen molar-refractivity contribution < 1.29 is 14.7 Å². The summed E-state index contributed by atoms with van der Waals surface area (Å²) in [5, 5.41) is 12.1. The number of thioether (sulfide) groups is 1. The lowest BCUT2D eigenvalue weighted by Crippen LogP contribution is -2.27. The molecule has 1 N–H and O–H groups in total. The van der Waals surface area contributed by atoms with Crippen LogP contribution in [0.1, 0.15) is 11.1 Å². The van der Waals surface area contributed by atoms with Gasteiger partial charge in [0.15, 0.2) is 0 Å². The minimum atomic E-state index is -0.362. The Kier molecular flexibility index (Phi) is 5.31. The van der Waals surface area contributed by atoms with Gasteiger partial charge in [-0.2, -0.15) is 0 Å². The zero-order valence-electron chi connectivity index (χ0n) is 14.4. The predicted molar refractivity (Wildman–Crippen MR) is 119 cm³/mol. The molecule has 0 atom stereocenters. The number of phenolic OH excluding ortho intramolecular Hbond substituents is 1. The number of phenols is 1. The number of aromatic hydroxyl groups is 1. The molecule has 0 radical (unpaired) electrons. The molecule has 4 rings (SSSR count). The smallest absolute Gasteiger partial charge is 0.293 e. The lowest BCUT2D eigenvalue weighted by molar-refractivity contribution is -0.123. The lowest BCUT2D eigenvalue weighted by atomic mass is 10.1. The molecule has 0 aromatic heterocycles. The van der Waals surface area contributed by atoms with Crippen LogP contribution < -0.4 is 0 Å². The van der Waals surface area contributed by atoms with E-state index in [0.717, 1.165) is 32.6 Å². The fourth-order valence-electron chi connectivity index (χ4n) is 2.99. The summed E-state index contributed by atoms with van der Waals surface area (Å²) in [6.45, 7) is 0.209. The van der Waals surface area contributed by atoms with E-state index >= 15 is 0 Å². The summed E-state index contributed by atoms with van der Waals surface area (Å²) < 4.78 is 1.25. The largest absolute Gasteiger partial charge is 0.506 e. The van der Waals surface area contributed by atoms with Crippen molar-refractivity contribution in [2.24, 2.45) is 0 Å². The molecule has 140 valence electrons. The Hall–Kier alpha value is -2.09. The Labute approximate surface area is 182 Å². The molecule has 2 amide bonds. The zero-order chi connectivity index (χ0) is 19.8. The Morgan fingerprint density at radius 1 is 1.00 bits per heavy atom. The summed E-state index contributed by atoms with van der Waals surface area (Å²) in [4.78, 5) is 26.7. The van der Waals surface area contributed by atoms with Gasteiger partial charge < -0.3 is 5.11 Å². The van der Waals surface area contributed by atoms with Crippen molar-refractivity contribution in [3.63, 3.8) is 0 Å². The van der Waals surface area contributed by atoms with E-state index in [4.69, 9.17) is 0 Å². The number of amides is 2. The van der Waals surface area contributed by atoms with Gasteiger partial charge in [0.1, 0.15) is 5.75 Å². The van der Waals surface area contributed by atoms with Gasteiger partial charge in [-0.3, -0.25) is 14.5 Å². The maximum absolute atomic E-state index is 12.8. The quantitative estimate of drug-likeness (QED) is 0.413. The fraction of sp³-hybridized carbons (Fsp3) is 0.0476. The molecule has 1 heterocycles. The summed E-state index contributed by atoms with van der Waals surface area (Å²) in [6.07, 6.45) is 1.54. The predicted octanol–water partition coefficient (Wildman–Crippen LogP) is 6.31. The maximum atomic E-state index is 12.8. The average Bonchev–Trinajstić information content (AvgIpc) is 2.93. The van der Waals surface area contributed by atoms with Gasteiger partial charge in [-0.05, 0) is 68.3 Å². The topological polar surface area (TPSA) is 57.6 Å². The van der Waals surface area contributed by atoms with Crippen LogP contribution in [0.3, 0.4) is 0 Å².